The lowest BCUT2D eigenvalue weighted by Gasteiger charge is -2.58. The van der Waals surface area contributed by atoms with Crippen LogP contribution >= 0.6 is 0 Å². The number of esters is 2. The van der Waals surface area contributed by atoms with E-state index in [1.807, 2.05) is 0 Å². The molecule has 0 aromatic heterocycles. The molecule has 0 aromatic carbocycles. The van der Waals surface area contributed by atoms with Gasteiger partial charge in [-0.1, -0.05) is 228 Å². The number of unbranched alkanes of at least 4 members (excludes halogenated alkanes) is 20. The topological polar surface area (TPSA) is 81.7 Å². The lowest BCUT2D eigenvalue weighted by molar-refractivity contribution is -0.156. The summed E-state index contributed by atoms with van der Waals surface area (Å²) in [5.41, 5.74) is 2.13. The predicted octanol–water partition coefficient (Wildman–Crippen LogP) is 19.2. The highest BCUT2D eigenvalue weighted by atomic mass is 16.5. The molecule has 0 aromatic rings. The third-order valence-electron chi connectivity index (χ3n) is 20.2. The van der Waals surface area contributed by atoms with Crippen molar-refractivity contribution in [2.45, 2.75) is 325 Å². The maximum absolute atomic E-state index is 14.2. The largest absolute Gasteiger partial charge is 0.465 e. The van der Waals surface area contributed by atoms with Crippen LogP contribution in [0.3, 0.4) is 0 Å². The maximum atomic E-state index is 14.2. The fourth-order valence-electron chi connectivity index (χ4n) is 15.4. The molecule has 3 saturated carbocycles. The molecule has 1 unspecified atom stereocenters. The van der Waals surface area contributed by atoms with E-state index in [0.717, 1.165) is 86.9 Å². The fraction of sp³-hybridized carbons (Fsp3) is 0.924. The average Bonchev–Trinajstić information content (AvgIpc) is 3.72. The van der Waals surface area contributed by atoms with Crippen LogP contribution in [0, 0.1) is 58.2 Å². The van der Waals surface area contributed by atoms with E-state index in [1.165, 1.54) is 185 Å². The smallest absolute Gasteiger partial charge is 0.328 e. The zero-order chi connectivity index (χ0) is 52.2. The van der Waals surface area contributed by atoms with Gasteiger partial charge in [0.25, 0.3) is 0 Å². The lowest BCUT2D eigenvalue weighted by Crippen LogP contribution is -2.51. The number of rotatable bonds is 40. The van der Waals surface area contributed by atoms with Crippen molar-refractivity contribution in [3.8, 4) is 0 Å². The van der Waals surface area contributed by atoms with Crippen molar-refractivity contribution in [1.82, 2.24) is 5.32 Å². The Kier molecular flexibility index (Phi) is 30.2. The zero-order valence-corrected chi connectivity index (χ0v) is 49.2. The highest BCUT2D eigenvalue weighted by molar-refractivity contribution is 5.85. The SMILES string of the molecule is CCCCCCCCCCCC(=O)N[C@@H](CCC(=O)OCC(CCCCCCCC)CCCCCCCCCC)C(=O)O[C@H]1CC[C@@]2(C)C(=CC[C@H]3[C@@H]4CC[C@H]([C@H](C)CC[C@@H](CC)C(C)C)[C@@]4(C)CC[C@@H]32)C1. The van der Waals surface area contributed by atoms with Crippen molar-refractivity contribution >= 4 is 17.8 Å². The van der Waals surface area contributed by atoms with Crippen LogP contribution in [0.5, 0.6) is 0 Å². The Morgan fingerprint density at radius 2 is 1.19 bits per heavy atom. The molecule has 4 aliphatic rings. The molecule has 0 aliphatic heterocycles. The van der Waals surface area contributed by atoms with E-state index >= 15 is 0 Å². The number of allylic oxidation sites excluding steroid dienone is 1. The number of carbonyl (C=O) groups excluding carboxylic acids is 3. The summed E-state index contributed by atoms with van der Waals surface area (Å²) < 4.78 is 12.4. The molecule has 0 spiro atoms. The van der Waals surface area contributed by atoms with Crippen LogP contribution in [-0.2, 0) is 23.9 Å². The van der Waals surface area contributed by atoms with Crippen molar-refractivity contribution in [2.24, 2.45) is 58.2 Å². The van der Waals surface area contributed by atoms with Crippen LogP contribution in [-0.4, -0.2) is 36.6 Å². The van der Waals surface area contributed by atoms with Gasteiger partial charge in [-0.15, -0.1) is 0 Å². The third kappa shape index (κ3) is 20.6. The maximum Gasteiger partial charge on any atom is 0.328 e. The number of amides is 1. The van der Waals surface area contributed by atoms with Crippen molar-refractivity contribution < 1.29 is 23.9 Å². The number of hydrogen-bond acceptors (Lipinski definition) is 5. The Labute approximate surface area is 446 Å². The molecule has 0 radical (unpaired) electrons. The summed E-state index contributed by atoms with van der Waals surface area (Å²) in [5.74, 6) is 5.19. The molecule has 418 valence electrons. The first-order valence-electron chi connectivity index (χ1n) is 32.2. The van der Waals surface area contributed by atoms with Gasteiger partial charge in [0.05, 0.1) is 6.61 Å². The standard InChI is InChI=1S/C66H119NO5/c1-10-14-17-20-23-25-27-30-33-36-62(68)67-61(43-44-63(69)71-50-53(34-31-28-22-19-16-12-3)35-32-29-26-24-21-18-15-11-2)64(70)72-56-45-47-65(8)55(49-56)39-40-57-59-42-41-58(66(59,9)48-46-60(57)65)52(7)37-38-54(13-4)51(5)6/h39,51-54,56-61H,10-38,40-50H2,1-9H3,(H,67,68)/t52-,53?,54-,56+,57+,58-,59+,60+,61+,65+,66-/m1/s1. The lowest BCUT2D eigenvalue weighted by atomic mass is 9.47. The fourth-order valence-corrected chi connectivity index (χ4v) is 15.4. The molecule has 1 amide bonds. The van der Waals surface area contributed by atoms with Crippen LogP contribution in [0.15, 0.2) is 11.6 Å². The minimum atomic E-state index is -0.843. The Balaban J connectivity index is 1.34. The van der Waals surface area contributed by atoms with Gasteiger partial charge in [-0.05, 0) is 135 Å². The molecule has 72 heavy (non-hydrogen) atoms. The zero-order valence-electron chi connectivity index (χ0n) is 49.2. The van der Waals surface area contributed by atoms with Gasteiger partial charge >= 0.3 is 11.9 Å². The number of hydrogen-bond donors (Lipinski definition) is 1. The second-order valence-corrected chi connectivity index (χ2v) is 25.9. The van der Waals surface area contributed by atoms with Crippen LogP contribution in [0.2, 0.25) is 0 Å². The van der Waals surface area contributed by atoms with Gasteiger partial charge in [-0.2, -0.15) is 0 Å². The van der Waals surface area contributed by atoms with Crippen LogP contribution in [0.1, 0.15) is 313 Å². The summed E-state index contributed by atoms with van der Waals surface area (Å²) in [5, 5.41) is 3.08. The van der Waals surface area contributed by atoms with Gasteiger partial charge in [-0.3, -0.25) is 9.59 Å². The summed E-state index contributed by atoms with van der Waals surface area (Å²) in [4.78, 5) is 41.2. The molecular formula is C66H119NO5. The summed E-state index contributed by atoms with van der Waals surface area (Å²) in [6.45, 7) is 22.3. The van der Waals surface area contributed by atoms with Crippen LogP contribution in [0.4, 0.5) is 0 Å². The Bertz CT molecular complexity index is 1520. The molecule has 1 N–H and O–H groups in total. The Hall–Kier alpha value is -1.85. The first-order valence-corrected chi connectivity index (χ1v) is 32.2. The predicted molar refractivity (Wildman–Crippen MR) is 305 cm³/mol. The second kappa shape index (κ2) is 34.7. The molecule has 0 bridgehead atoms. The van der Waals surface area contributed by atoms with Gasteiger partial charge in [-0.25, -0.2) is 4.79 Å². The molecule has 11 atom stereocenters. The number of ether oxygens (including phenoxy) is 2. The van der Waals surface area contributed by atoms with E-state index in [-0.39, 0.29) is 42.2 Å². The highest BCUT2D eigenvalue weighted by Gasteiger charge is 2.59. The normalized spacial score (nSPS) is 26.5. The Morgan fingerprint density at radius 1 is 0.625 bits per heavy atom. The molecule has 4 rings (SSSR count). The van der Waals surface area contributed by atoms with Crippen molar-refractivity contribution in [2.75, 3.05) is 6.61 Å². The minimum absolute atomic E-state index is 0.105. The third-order valence-corrected chi connectivity index (χ3v) is 20.2. The first kappa shape index (κ1) is 62.7. The highest BCUT2D eigenvalue weighted by Crippen LogP contribution is 2.67. The van der Waals surface area contributed by atoms with E-state index in [4.69, 9.17) is 9.47 Å². The molecule has 4 aliphatic carbocycles. The van der Waals surface area contributed by atoms with E-state index in [0.29, 0.717) is 30.3 Å². The Morgan fingerprint density at radius 3 is 1.76 bits per heavy atom. The van der Waals surface area contributed by atoms with Crippen LogP contribution in [0.25, 0.3) is 0 Å². The molecule has 6 nitrogen and oxygen atoms in total. The number of carbonyl (C=O) groups is 3. The van der Waals surface area contributed by atoms with Gasteiger partial charge < -0.3 is 14.8 Å². The van der Waals surface area contributed by atoms with E-state index in [9.17, 15) is 14.4 Å². The summed E-state index contributed by atoms with van der Waals surface area (Å²) in [6.07, 6.45) is 47.5. The molecule has 3 fully saturated rings. The number of nitrogens with one attached hydrogen (secondary N) is 1. The second-order valence-electron chi connectivity index (χ2n) is 25.9. The van der Waals surface area contributed by atoms with Gasteiger partial charge in [0.2, 0.25) is 5.91 Å². The monoisotopic (exact) mass is 1010 g/mol. The van der Waals surface area contributed by atoms with E-state index in [2.05, 4.69) is 73.7 Å². The average molecular weight is 1010 g/mol. The van der Waals surface area contributed by atoms with Crippen LogP contribution < -0.4 is 5.32 Å². The minimum Gasteiger partial charge on any atom is -0.465 e. The summed E-state index contributed by atoms with van der Waals surface area (Å²) in [7, 11) is 0. The van der Waals surface area contributed by atoms with E-state index < -0.39 is 6.04 Å². The number of fused-ring (bicyclic) bond motifs is 5. The molecule has 6 heteroatoms. The summed E-state index contributed by atoms with van der Waals surface area (Å²) >= 11 is 0. The quantitative estimate of drug-likeness (QED) is 0.0376. The van der Waals surface area contributed by atoms with Gasteiger partial charge in [0.1, 0.15) is 12.1 Å². The molecule has 0 saturated heterocycles. The van der Waals surface area contributed by atoms with E-state index in [1.54, 1.807) is 0 Å². The molecule has 0 heterocycles. The van der Waals surface area contributed by atoms with Gasteiger partial charge in [0, 0.05) is 19.3 Å². The summed E-state index contributed by atoms with van der Waals surface area (Å²) in [6, 6.07) is -0.843. The van der Waals surface area contributed by atoms with Crippen molar-refractivity contribution in [3.63, 3.8) is 0 Å². The first-order chi connectivity index (χ1) is 34.8. The van der Waals surface area contributed by atoms with Crippen molar-refractivity contribution in [1.29, 1.82) is 0 Å². The van der Waals surface area contributed by atoms with Gasteiger partial charge in [0.15, 0.2) is 0 Å². The molecular weight excluding hydrogens is 887 g/mol. The van der Waals surface area contributed by atoms with Crippen molar-refractivity contribution in [3.05, 3.63) is 11.6 Å².